The van der Waals surface area contributed by atoms with E-state index in [-0.39, 0.29) is 25.7 Å². The highest BCUT2D eigenvalue weighted by Gasteiger charge is 2.48. The van der Waals surface area contributed by atoms with Gasteiger partial charge in [0, 0.05) is 38.7 Å². The van der Waals surface area contributed by atoms with Crippen LogP contribution in [0.1, 0.15) is 38.2 Å². The van der Waals surface area contributed by atoms with Crippen LogP contribution in [-0.4, -0.2) is 155 Å². The summed E-state index contributed by atoms with van der Waals surface area (Å²) in [5, 5.41) is 24.1. The fourth-order valence-electron chi connectivity index (χ4n) is 6.79. The SMILES string of the molecule is CCC(=O)NCCC[N+](C)(C)CC(O)COCCC[Si](C)(O[Si](C)(C)C)O[Si](C)(CCCOCC(O)COC(=O)C=Cc1ccc(OC)cc1)O[Si](C)(C)O[Si](C)(C)C. The predicted molar refractivity (Wildman–Crippen MR) is 247 cm³/mol. The van der Waals surface area contributed by atoms with E-state index in [1.807, 2.05) is 19.1 Å². The van der Waals surface area contributed by atoms with Crippen LogP contribution in [0.4, 0.5) is 0 Å². The van der Waals surface area contributed by atoms with Gasteiger partial charge in [-0.3, -0.25) is 4.79 Å². The lowest BCUT2D eigenvalue weighted by Crippen LogP contribution is -2.60. The molecular weight excluding hydrogens is 841 g/mol. The van der Waals surface area contributed by atoms with Crippen LogP contribution < -0.4 is 10.1 Å². The molecule has 1 amide bonds. The molecule has 3 N–H and O–H groups in total. The van der Waals surface area contributed by atoms with Crippen LogP contribution in [0.15, 0.2) is 30.3 Å². The molecule has 1 aromatic carbocycles. The smallest absolute Gasteiger partial charge is 0.330 e. The van der Waals surface area contributed by atoms with Crippen LogP contribution in [0.5, 0.6) is 5.75 Å². The van der Waals surface area contributed by atoms with Gasteiger partial charge in [0.15, 0.2) is 16.6 Å². The number of quaternary nitrogens is 1. The number of aliphatic hydroxyl groups is 2. The Morgan fingerprint density at radius 3 is 1.81 bits per heavy atom. The van der Waals surface area contributed by atoms with Crippen LogP contribution in [0.25, 0.3) is 6.08 Å². The maximum atomic E-state index is 12.2. The van der Waals surface area contributed by atoms with Crippen LogP contribution in [0, 0.1) is 0 Å². The van der Waals surface area contributed by atoms with E-state index < -0.39 is 60.5 Å². The molecule has 0 bridgehead atoms. The lowest BCUT2D eigenvalue weighted by molar-refractivity contribution is -0.893. The Balaban J connectivity index is 2.81. The summed E-state index contributed by atoms with van der Waals surface area (Å²) in [5.41, 5.74) is 0.822. The molecule has 0 heterocycles. The van der Waals surface area contributed by atoms with Crippen molar-refractivity contribution in [3.63, 3.8) is 0 Å². The third kappa shape index (κ3) is 27.9. The molecule has 0 fully saturated rings. The van der Waals surface area contributed by atoms with Crippen molar-refractivity contribution in [1.29, 1.82) is 0 Å². The Morgan fingerprint density at radius 2 is 1.29 bits per heavy atom. The van der Waals surface area contributed by atoms with E-state index in [1.165, 1.54) is 6.08 Å². The van der Waals surface area contributed by atoms with Crippen molar-refractivity contribution in [2.45, 2.75) is 122 Å². The molecule has 59 heavy (non-hydrogen) atoms. The average Bonchev–Trinajstić information content (AvgIpc) is 3.08. The molecule has 0 aliphatic rings. The van der Waals surface area contributed by atoms with Crippen LogP contribution in [-0.2, 0) is 40.3 Å². The number of hydrogen-bond donors (Lipinski definition) is 3. The molecule has 0 aromatic heterocycles. The summed E-state index contributed by atoms with van der Waals surface area (Å²) in [6.45, 7) is 26.2. The number of nitrogens with zero attached hydrogens (tertiary/aromatic N) is 1. The van der Waals surface area contributed by atoms with Gasteiger partial charge in [0.1, 0.15) is 31.1 Å². The van der Waals surface area contributed by atoms with Gasteiger partial charge >= 0.3 is 31.7 Å². The second-order valence-electron chi connectivity index (χ2n) is 18.6. The van der Waals surface area contributed by atoms with Gasteiger partial charge in [-0.25, -0.2) is 4.79 Å². The first-order valence-corrected chi connectivity index (χ1v) is 35.8. The summed E-state index contributed by atoms with van der Waals surface area (Å²) >= 11 is 0. The zero-order valence-electron chi connectivity index (χ0n) is 38.9. The maximum absolute atomic E-state index is 12.2. The number of amides is 1. The molecule has 19 heteroatoms. The Hall–Kier alpha value is -1.58. The summed E-state index contributed by atoms with van der Waals surface area (Å²) in [6, 6.07) is 8.61. The Kier molecular flexibility index (Phi) is 24.6. The number of esters is 1. The number of nitrogens with one attached hydrogen (secondary N) is 1. The first kappa shape index (κ1) is 55.4. The van der Waals surface area contributed by atoms with Gasteiger partial charge in [-0.2, -0.15) is 0 Å². The van der Waals surface area contributed by atoms with Crippen molar-refractivity contribution in [3.05, 3.63) is 35.9 Å². The fraction of sp³-hybridized carbons (Fsp3) is 0.750. The van der Waals surface area contributed by atoms with Gasteiger partial charge < -0.3 is 55.4 Å². The molecule has 0 saturated carbocycles. The van der Waals surface area contributed by atoms with Gasteiger partial charge in [0.2, 0.25) is 5.91 Å². The Labute approximate surface area is 361 Å². The van der Waals surface area contributed by atoms with Crippen LogP contribution >= 0.6 is 0 Å². The second kappa shape index (κ2) is 26.1. The third-order valence-corrected chi connectivity index (χ3v) is 26.9. The van der Waals surface area contributed by atoms with Gasteiger partial charge in [-0.05, 0) is 114 Å². The summed E-state index contributed by atoms with van der Waals surface area (Å²) in [6.07, 6.45) is 4.05. The first-order chi connectivity index (χ1) is 27.2. The highest BCUT2D eigenvalue weighted by Crippen LogP contribution is 2.32. The minimum absolute atomic E-state index is 0.0174. The highest BCUT2D eigenvalue weighted by molar-refractivity contribution is 6.90. The monoisotopic (exact) mass is 921 g/mol. The van der Waals surface area contributed by atoms with E-state index in [9.17, 15) is 19.8 Å². The molecule has 0 saturated heterocycles. The number of carbonyl (C=O) groups is 2. The molecule has 342 valence electrons. The first-order valence-electron chi connectivity index (χ1n) is 21.1. The standard InChI is InChI=1S/C40H80N2O12Si5/c1-15-39(45)41-25-16-26-42(2,3)31-36(43)32-48-27-17-29-58(13,52-56(8,9)10)54-59(14,53-57(11,12)51-55(5,6)7)30-18-28-49-33-37(44)34-50-40(46)24-21-35-19-22-38(47-4)23-20-35/h19-24,36-37,43-44H,15-18,25-34H2,1-14H3/p+1. The average molecular weight is 923 g/mol. The fourth-order valence-corrected chi connectivity index (χ4v) is 30.5. The summed E-state index contributed by atoms with van der Waals surface area (Å²) in [5.74, 6) is 0.225. The van der Waals surface area contributed by atoms with E-state index in [0.717, 1.165) is 30.7 Å². The van der Waals surface area contributed by atoms with E-state index in [0.29, 0.717) is 55.7 Å². The number of ether oxygens (including phenoxy) is 4. The molecule has 4 atom stereocenters. The van der Waals surface area contributed by atoms with Gasteiger partial charge in [-0.15, -0.1) is 0 Å². The van der Waals surface area contributed by atoms with Crippen molar-refractivity contribution in [1.82, 2.24) is 5.32 Å². The molecule has 1 aromatic rings. The number of carbonyl (C=O) groups excluding carboxylic acids is 2. The lowest BCUT2D eigenvalue weighted by Gasteiger charge is -2.44. The number of hydrogen-bond acceptors (Lipinski definition) is 12. The molecule has 0 aliphatic heterocycles. The molecule has 0 spiro atoms. The number of aliphatic hydroxyl groups excluding tert-OH is 2. The van der Waals surface area contributed by atoms with Crippen molar-refractivity contribution in [2.24, 2.45) is 0 Å². The Morgan fingerprint density at radius 1 is 0.746 bits per heavy atom. The molecular formula is C40H81N2O12Si5+. The summed E-state index contributed by atoms with van der Waals surface area (Å²) in [4.78, 5) is 23.8. The number of likely N-dealkylation sites (N-methyl/N-ethyl adjacent to an activating group) is 1. The van der Waals surface area contributed by atoms with Crippen LogP contribution in [0.3, 0.4) is 0 Å². The zero-order chi connectivity index (χ0) is 45.0. The quantitative estimate of drug-likeness (QED) is 0.0242. The largest absolute Gasteiger partial charge is 0.497 e. The number of rotatable bonds is 32. The topological polar surface area (TPSA) is 160 Å². The van der Waals surface area contributed by atoms with Gasteiger partial charge in [-0.1, -0.05) is 19.1 Å². The van der Waals surface area contributed by atoms with Crippen molar-refractivity contribution in [2.75, 3.05) is 73.9 Å². The minimum Gasteiger partial charge on any atom is -0.497 e. The summed E-state index contributed by atoms with van der Waals surface area (Å²) in [7, 11) is -6.53. The zero-order valence-corrected chi connectivity index (χ0v) is 43.9. The van der Waals surface area contributed by atoms with E-state index in [1.54, 1.807) is 25.3 Å². The second-order valence-corrected chi connectivity index (χ2v) is 38.7. The van der Waals surface area contributed by atoms with Crippen LogP contribution in [0.2, 0.25) is 77.6 Å². The molecule has 0 aliphatic carbocycles. The van der Waals surface area contributed by atoms with Crippen molar-refractivity contribution in [3.8, 4) is 5.75 Å². The number of methoxy groups -OCH3 is 1. The third-order valence-electron chi connectivity index (χ3n) is 8.66. The van der Waals surface area contributed by atoms with E-state index in [4.69, 9.17) is 35.4 Å². The molecule has 1 rings (SSSR count). The normalized spacial score (nSPS) is 16.0. The maximum Gasteiger partial charge on any atom is 0.330 e. The predicted octanol–water partition coefficient (Wildman–Crippen LogP) is 6.36. The van der Waals surface area contributed by atoms with Gasteiger partial charge in [0.05, 0.1) is 41.0 Å². The Bertz CT molecular complexity index is 1390. The van der Waals surface area contributed by atoms with E-state index in [2.05, 4.69) is 84.9 Å². The van der Waals surface area contributed by atoms with E-state index >= 15 is 0 Å². The molecule has 4 unspecified atom stereocenters. The van der Waals surface area contributed by atoms with Crippen molar-refractivity contribution < 1.29 is 59.7 Å². The van der Waals surface area contributed by atoms with Crippen molar-refractivity contribution >= 4 is 60.3 Å². The lowest BCUT2D eigenvalue weighted by atomic mass is 10.2. The number of benzene rings is 1. The van der Waals surface area contributed by atoms with Gasteiger partial charge in [0.25, 0.3) is 0 Å². The molecule has 14 nitrogen and oxygen atoms in total. The minimum atomic E-state index is -2.92. The molecule has 0 radical (unpaired) electrons. The highest BCUT2D eigenvalue weighted by atomic mass is 28.5. The summed E-state index contributed by atoms with van der Waals surface area (Å²) < 4.78 is 50.6.